The molecule has 1 rings (SSSR count). The van der Waals surface area contributed by atoms with E-state index >= 15 is 0 Å². The molecule has 0 saturated heterocycles. The fourth-order valence-corrected chi connectivity index (χ4v) is 2.96. The minimum Gasteiger partial charge on any atom is -0.309 e. The first-order valence-electron chi connectivity index (χ1n) is 5.86. The van der Waals surface area contributed by atoms with Gasteiger partial charge in [-0.2, -0.15) is 0 Å². The van der Waals surface area contributed by atoms with Gasteiger partial charge in [-0.25, -0.2) is 0 Å². The van der Waals surface area contributed by atoms with Gasteiger partial charge in [0.25, 0.3) is 0 Å². The molecular weight excluding hydrogens is 238 g/mol. The summed E-state index contributed by atoms with van der Waals surface area (Å²) in [6.07, 6.45) is 6.51. The van der Waals surface area contributed by atoms with Crippen LogP contribution in [0.2, 0.25) is 5.02 Å². The Hall–Kier alpha value is -0.310. The Morgan fingerprint density at radius 2 is 2.44 bits per heavy atom. The molecule has 0 aliphatic carbocycles. The predicted molar refractivity (Wildman–Crippen MR) is 74.4 cm³/mol. The van der Waals surface area contributed by atoms with Crippen LogP contribution in [0.3, 0.4) is 0 Å². The Bertz CT molecular complexity index is 309. The van der Waals surface area contributed by atoms with Crippen molar-refractivity contribution in [2.45, 2.75) is 38.6 Å². The van der Waals surface area contributed by atoms with Crippen LogP contribution in [-0.2, 0) is 0 Å². The van der Waals surface area contributed by atoms with Crippen molar-refractivity contribution in [2.75, 3.05) is 6.54 Å². The highest BCUT2D eigenvalue weighted by Gasteiger charge is 2.14. The Kier molecular flexibility index (Phi) is 6.78. The third-order valence-corrected chi connectivity index (χ3v) is 3.98. The number of rotatable bonds is 8. The van der Waals surface area contributed by atoms with Gasteiger partial charge in [0.1, 0.15) is 0 Å². The van der Waals surface area contributed by atoms with Gasteiger partial charge in [-0.3, -0.25) is 0 Å². The summed E-state index contributed by atoms with van der Waals surface area (Å²) in [6.45, 7) is 6.99. The van der Waals surface area contributed by atoms with E-state index in [0.29, 0.717) is 6.04 Å². The topological polar surface area (TPSA) is 12.0 Å². The quantitative estimate of drug-likeness (QED) is 0.521. The van der Waals surface area contributed by atoms with Gasteiger partial charge >= 0.3 is 0 Å². The largest absolute Gasteiger partial charge is 0.309 e. The highest BCUT2D eigenvalue weighted by Crippen LogP contribution is 2.31. The minimum atomic E-state index is 0.410. The SMILES string of the molecule is C=CCCCC(NCCC)c1sccc1Cl. The first-order valence-corrected chi connectivity index (χ1v) is 7.12. The summed E-state index contributed by atoms with van der Waals surface area (Å²) < 4.78 is 0. The van der Waals surface area contributed by atoms with Crippen LogP contribution in [0, 0.1) is 0 Å². The third kappa shape index (κ3) is 4.28. The number of thiophene rings is 1. The maximum Gasteiger partial charge on any atom is 0.0561 e. The van der Waals surface area contributed by atoms with Crippen LogP contribution in [0.25, 0.3) is 0 Å². The minimum absolute atomic E-state index is 0.410. The summed E-state index contributed by atoms with van der Waals surface area (Å²) in [5, 5.41) is 6.52. The maximum absolute atomic E-state index is 6.18. The molecule has 0 amide bonds. The molecule has 0 aromatic carbocycles. The van der Waals surface area contributed by atoms with E-state index in [1.54, 1.807) is 11.3 Å². The molecule has 1 atom stereocenters. The van der Waals surface area contributed by atoms with Crippen LogP contribution in [-0.4, -0.2) is 6.54 Å². The number of hydrogen-bond acceptors (Lipinski definition) is 2. The molecule has 16 heavy (non-hydrogen) atoms. The highest BCUT2D eigenvalue weighted by atomic mass is 35.5. The number of nitrogens with one attached hydrogen (secondary N) is 1. The van der Waals surface area contributed by atoms with Crippen molar-refractivity contribution >= 4 is 22.9 Å². The summed E-state index contributed by atoms with van der Waals surface area (Å²) in [6, 6.07) is 2.39. The molecule has 0 radical (unpaired) electrons. The molecule has 0 fully saturated rings. The molecule has 3 heteroatoms. The van der Waals surface area contributed by atoms with Crippen LogP contribution in [0.4, 0.5) is 0 Å². The Morgan fingerprint density at radius 1 is 1.62 bits per heavy atom. The summed E-state index contributed by atoms with van der Waals surface area (Å²) in [5.74, 6) is 0. The van der Waals surface area contributed by atoms with Gasteiger partial charge in [0.15, 0.2) is 0 Å². The van der Waals surface area contributed by atoms with Crippen LogP contribution >= 0.6 is 22.9 Å². The Balaban J connectivity index is 2.56. The molecule has 0 saturated carbocycles. The lowest BCUT2D eigenvalue weighted by atomic mass is 10.1. The van der Waals surface area contributed by atoms with Crippen molar-refractivity contribution < 1.29 is 0 Å². The normalized spacial score (nSPS) is 12.6. The molecule has 1 unspecified atom stereocenters. The zero-order chi connectivity index (χ0) is 11.8. The second kappa shape index (κ2) is 7.88. The van der Waals surface area contributed by atoms with Crippen LogP contribution in [0.5, 0.6) is 0 Å². The lowest BCUT2D eigenvalue weighted by Gasteiger charge is -2.17. The van der Waals surface area contributed by atoms with Gasteiger partial charge in [-0.1, -0.05) is 24.6 Å². The van der Waals surface area contributed by atoms with E-state index < -0.39 is 0 Å². The zero-order valence-electron chi connectivity index (χ0n) is 9.84. The molecule has 90 valence electrons. The van der Waals surface area contributed by atoms with Crippen molar-refractivity contribution in [1.29, 1.82) is 0 Å². The molecule has 0 aliphatic heterocycles. The standard InChI is InChI=1S/C13H20ClNS/c1-3-5-6-7-12(15-9-4-2)13-11(14)8-10-16-13/h3,8,10,12,15H,1,4-7,9H2,2H3. The Morgan fingerprint density at radius 3 is 3.00 bits per heavy atom. The second-order valence-electron chi connectivity index (χ2n) is 3.86. The summed E-state index contributed by atoms with van der Waals surface area (Å²) in [4.78, 5) is 1.28. The van der Waals surface area contributed by atoms with Crippen molar-refractivity contribution in [3.63, 3.8) is 0 Å². The average molecular weight is 258 g/mol. The van der Waals surface area contributed by atoms with E-state index in [2.05, 4.69) is 24.2 Å². The summed E-state index contributed by atoms with van der Waals surface area (Å²) >= 11 is 7.92. The first-order chi connectivity index (χ1) is 7.79. The van der Waals surface area contributed by atoms with E-state index in [1.807, 2.05) is 12.1 Å². The van der Waals surface area contributed by atoms with Crippen LogP contribution in [0.1, 0.15) is 43.5 Å². The van der Waals surface area contributed by atoms with E-state index in [4.69, 9.17) is 11.6 Å². The van der Waals surface area contributed by atoms with E-state index in [9.17, 15) is 0 Å². The number of halogens is 1. The second-order valence-corrected chi connectivity index (χ2v) is 5.21. The lowest BCUT2D eigenvalue weighted by Crippen LogP contribution is -2.21. The summed E-state index contributed by atoms with van der Waals surface area (Å²) in [5.41, 5.74) is 0. The fraction of sp³-hybridized carbons (Fsp3) is 0.538. The highest BCUT2D eigenvalue weighted by molar-refractivity contribution is 7.10. The van der Waals surface area contributed by atoms with E-state index in [0.717, 1.165) is 30.8 Å². The van der Waals surface area contributed by atoms with Crippen molar-refractivity contribution in [2.24, 2.45) is 0 Å². The smallest absolute Gasteiger partial charge is 0.0561 e. The molecule has 0 aliphatic rings. The first kappa shape index (κ1) is 13.8. The van der Waals surface area contributed by atoms with E-state index in [-0.39, 0.29) is 0 Å². The van der Waals surface area contributed by atoms with Crippen molar-refractivity contribution in [3.8, 4) is 0 Å². The molecule has 1 nitrogen and oxygen atoms in total. The monoisotopic (exact) mass is 257 g/mol. The zero-order valence-corrected chi connectivity index (χ0v) is 11.4. The molecule has 0 spiro atoms. The Labute approximate surface area is 108 Å². The molecular formula is C13H20ClNS. The van der Waals surface area contributed by atoms with Gasteiger partial charge in [0, 0.05) is 10.9 Å². The molecule has 1 aromatic heterocycles. The van der Waals surface area contributed by atoms with Crippen molar-refractivity contribution in [1.82, 2.24) is 5.32 Å². The van der Waals surface area contributed by atoms with Crippen molar-refractivity contribution in [3.05, 3.63) is 34.0 Å². The van der Waals surface area contributed by atoms with Crippen LogP contribution in [0.15, 0.2) is 24.1 Å². The van der Waals surface area contributed by atoms with Gasteiger partial charge in [0.2, 0.25) is 0 Å². The van der Waals surface area contributed by atoms with Gasteiger partial charge < -0.3 is 5.32 Å². The number of hydrogen-bond donors (Lipinski definition) is 1. The third-order valence-electron chi connectivity index (χ3n) is 2.50. The van der Waals surface area contributed by atoms with Crippen LogP contribution < -0.4 is 5.32 Å². The van der Waals surface area contributed by atoms with Gasteiger partial charge in [-0.15, -0.1) is 17.9 Å². The molecule has 0 bridgehead atoms. The number of allylic oxidation sites excluding steroid dienone is 1. The van der Waals surface area contributed by atoms with E-state index in [1.165, 1.54) is 11.3 Å². The maximum atomic E-state index is 6.18. The molecule has 1 N–H and O–H groups in total. The molecule has 1 aromatic rings. The molecule has 1 heterocycles. The average Bonchev–Trinajstić information content (AvgIpc) is 2.70. The van der Waals surface area contributed by atoms with Gasteiger partial charge in [0.05, 0.1) is 5.02 Å². The predicted octanol–water partition coefficient (Wildman–Crippen LogP) is 4.80. The lowest BCUT2D eigenvalue weighted by molar-refractivity contribution is 0.493. The van der Waals surface area contributed by atoms with Gasteiger partial charge in [-0.05, 0) is 43.7 Å². The fourth-order valence-electron chi connectivity index (χ4n) is 1.66. The number of unbranched alkanes of at least 4 members (excludes halogenated alkanes) is 1. The summed E-state index contributed by atoms with van der Waals surface area (Å²) in [7, 11) is 0.